The van der Waals surface area contributed by atoms with E-state index in [2.05, 4.69) is 44.5 Å². The van der Waals surface area contributed by atoms with Crippen LogP contribution >= 0.6 is 0 Å². The van der Waals surface area contributed by atoms with E-state index in [1.807, 2.05) is 0 Å². The Bertz CT molecular complexity index is 659. The average molecular weight is 403 g/mol. The summed E-state index contributed by atoms with van der Waals surface area (Å²) in [5, 5.41) is 0. The van der Waals surface area contributed by atoms with Crippen molar-refractivity contribution in [2.45, 2.75) is 91.5 Å². The molecule has 4 aliphatic rings. The standard InChI is InChI=1S/C25H42N2O2/c1-6-27(7-2)23(29)20-12-11-18-17-10-13-21-25(4,15-8-9-22(28)26(21)5)19(17)14-16-24(18,20)3/h17-21H,6-16H2,1-5H3/t17-,18-,19-,20+,21+,24-,25+/m0/s1. The Labute approximate surface area is 177 Å². The maximum Gasteiger partial charge on any atom is 0.226 e. The molecule has 4 rings (SSSR count). The Hall–Kier alpha value is -1.06. The summed E-state index contributed by atoms with van der Waals surface area (Å²) in [7, 11) is 2.05. The molecule has 0 unspecified atom stereocenters. The summed E-state index contributed by atoms with van der Waals surface area (Å²) in [6, 6.07) is 0.414. The SMILES string of the molecule is CCN(CC)C(=O)[C@H]1CC[C@H]2[C@@H]3CC[C@H]4N(C)C(=O)CCC[C@]4(C)[C@H]3CC[C@]12C. The molecular formula is C25H42N2O2. The van der Waals surface area contributed by atoms with Gasteiger partial charge in [-0.15, -0.1) is 0 Å². The summed E-state index contributed by atoms with van der Waals surface area (Å²) in [5.74, 6) is 3.13. The number of fused-ring (bicyclic) bond motifs is 5. The largest absolute Gasteiger partial charge is 0.343 e. The molecule has 1 aliphatic heterocycles. The van der Waals surface area contributed by atoms with Crippen LogP contribution in [0.1, 0.15) is 85.5 Å². The van der Waals surface area contributed by atoms with E-state index in [-0.39, 0.29) is 16.7 Å². The minimum absolute atomic E-state index is 0.177. The minimum Gasteiger partial charge on any atom is -0.343 e. The molecule has 2 amide bonds. The van der Waals surface area contributed by atoms with Gasteiger partial charge in [0.15, 0.2) is 0 Å². The highest BCUT2D eigenvalue weighted by molar-refractivity contribution is 5.80. The van der Waals surface area contributed by atoms with Crippen molar-refractivity contribution < 1.29 is 9.59 Å². The van der Waals surface area contributed by atoms with Crippen molar-refractivity contribution in [1.29, 1.82) is 0 Å². The lowest BCUT2D eigenvalue weighted by Crippen LogP contribution is -2.58. The molecule has 0 bridgehead atoms. The van der Waals surface area contributed by atoms with E-state index >= 15 is 0 Å². The summed E-state index contributed by atoms with van der Waals surface area (Å²) in [4.78, 5) is 30.0. The lowest BCUT2D eigenvalue weighted by Gasteiger charge is -2.59. The zero-order valence-corrected chi connectivity index (χ0v) is 19.4. The number of carbonyl (C=O) groups excluding carboxylic acids is 2. The monoisotopic (exact) mass is 402 g/mol. The molecule has 7 atom stereocenters. The van der Waals surface area contributed by atoms with Gasteiger partial charge in [0.1, 0.15) is 0 Å². The van der Waals surface area contributed by atoms with Crippen LogP contribution < -0.4 is 0 Å². The van der Waals surface area contributed by atoms with E-state index < -0.39 is 0 Å². The van der Waals surface area contributed by atoms with Gasteiger partial charge in [-0.3, -0.25) is 9.59 Å². The van der Waals surface area contributed by atoms with Crippen molar-refractivity contribution in [2.24, 2.45) is 34.5 Å². The third-order valence-corrected chi connectivity index (χ3v) is 10.2. The lowest BCUT2D eigenvalue weighted by atomic mass is 9.47. The molecule has 3 aliphatic carbocycles. The van der Waals surface area contributed by atoms with Crippen LogP contribution in [0.3, 0.4) is 0 Å². The van der Waals surface area contributed by atoms with Gasteiger partial charge in [0.2, 0.25) is 11.8 Å². The quantitative estimate of drug-likeness (QED) is 0.685. The second-order valence-electron chi connectivity index (χ2n) is 11.0. The molecule has 0 radical (unpaired) electrons. The van der Waals surface area contributed by atoms with E-state index in [4.69, 9.17) is 0 Å². The van der Waals surface area contributed by atoms with E-state index in [0.717, 1.165) is 50.6 Å². The second-order valence-corrected chi connectivity index (χ2v) is 11.0. The number of nitrogens with zero attached hydrogens (tertiary/aromatic N) is 2. The topological polar surface area (TPSA) is 40.6 Å². The van der Waals surface area contributed by atoms with E-state index in [1.54, 1.807) is 0 Å². The van der Waals surface area contributed by atoms with Crippen molar-refractivity contribution >= 4 is 11.8 Å². The summed E-state index contributed by atoms with van der Waals surface area (Å²) in [5.41, 5.74) is 0.433. The highest BCUT2D eigenvalue weighted by atomic mass is 16.2. The highest BCUT2D eigenvalue weighted by Gasteiger charge is 2.61. The molecule has 1 heterocycles. The number of hydrogen-bond donors (Lipinski definition) is 0. The van der Waals surface area contributed by atoms with Crippen LogP contribution in [0.5, 0.6) is 0 Å². The van der Waals surface area contributed by atoms with Crippen LogP contribution in [-0.2, 0) is 9.59 Å². The molecule has 29 heavy (non-hydrogen) atoms. The number of hydrogen-bond acceptors (Lipinski definition) is 2. The first-order chi connectivity index (χ1) is 13.8. The lowest BCUT2D eigenvalue weighted by molar-refractivity contribution is -0.148. The normalized spacial score (nSPS) is 44.5. The Balaban J connectivity index is 1.60. The summed E-state index contributed by atoms with van der Waals surface area (Å²) in [6.45, 7) is 10.8. The van der Waals surface area contributed by atoms with Crippen molar-refractivity contribution in [3.05, 3.63) is 0 Å². The van der Waals surface area contributed by atoms with E-state index in [1.165, 1.54) is 32.1 Å². The Kier molecular flexibility index (Phi) is 5.53. The first-order valence-corrected chi connectivity index (χ1v) is 12.3. The van der Waals surface area contributed by atoms with Gasteiger partial charge >= 0.3 is 0 Å². The zero-order chi connectivity index (χ0) is 21.0. The predicted octanol–water partition coefficient (Wildman–Crippen LogP) is 4.72. The summed E-state index contributed by atoms with van der Waals surface area (Å²) < 4.78 is 0. The van der Waals surface area contributed by atoms with Gasteiger partial charge < -0.3 is 9.80 Å². The molecule has 0 spiro atoms. The van der Waals surface area contributed by atoms with Crippen LogP contribution in [0, 0.1) is 34.5 Å². The molecule has 0 aromatic rings. The summed E-state index contributed by atoms with van der Waals surface area (Å²) in [6.07, 6.45) is 10.1. The Morgan fingerprint density at radius 2 is 1.69 bits per heavy atom. The van der Waals surface area contributed by atoms with Crippen molar-refractivity contribution in [1.82, 2.24) is 9.80 Å². The van der Waals surface area contributed by atoms with Crippen LogP contribution in [0.25, 0.3) is 0 Å². The van der Waals surface area contributed by atoms with E-state index in [0.29, 0.717) is 23.8 Å². The second kappa shape index (κ2) is 7.57. The maximum absolute atomic E-state index is 13.3. The van der Waals surface area contributed by atoms with Gasteiger partial charge in [0.05, 0.1) is 0 Å². The smallest absolute Gasteiger partial charge is 0.226 e. The minimum atomic E-state index is 0.177. The zero-order valence-electron chi connectivity index (χ0n) is 19.4. The van der Waals surface area contributed by atoms with Crippen molar-refractivity contribution in [3.63, 3.8) is 0 Å². The van der Waals surface area contributed by atoms with Crippen LogP contribution in [0.4, 0.5) is 0 Å². The average Bonchev–Trinajstić information content (AvgIpc) is 3.00. The first-order valence-electron chi connectivity index (χ1n) is 12.3. The molecule has 0 aromatic carbocycles. The molecule has 4 heteroatoms. The molecule has 4 fully saturated rings. The fourth-order valence-corrected chi connectivity index (χ4v) is 8.56. The first kappa shape index (κ1) is 21.2. The Morgan fingerprint density at radius 3 is 2.38 bits per heavy atom. The van der Waals surface area contributed by atoms with Gasteiger partial charge in [-0.2, -0.15) is 0 Å². The van der Waals surface area contributed by atoms with E-state index in [9.17, 15) is 9.59 Å². The Morgan fingerprint density at radius 1 is 1.00 bits per heavy atom. The van der Waals surface area contributed by atoms with Gasteiger partial charge in [0.25, 0.3) is 0 Å². The van der Waals surface area contributed by atoms with Crippen LogP contribution in [-0.4, -0.2) is 47.8 Å². The molecule has 3 saturated carbocycles. The maximum atomic E-state index is 13.3. The third kappa shape index (κ3) is 3.07. The molecular weight excluding hydrogens is 360 g/mol. The van der Waals surface area contributed by atoms with Gasteiger partial charge in [-0.25, -0.2) is 0 Å². The van der Waals surface area contributed by atoms with Crippen molar-refractivity contribution in [3.8, 4) is 0 Å². The molecule has 164 valence electrons. The molecule has 0 N–H and O–H groups in total. The van der Waals surface area contributed by atoms with Crippen LogP contribution in [0.15, 0.2) is 0 Å². The molecule has 1 saturated heterocycles. The van der Waals surface area contributed by atoms with Gasteiger partial charge in [0, 0.05) is 38.5 Å². The predicted molar refractivity (Wildman–Crippen MR) is 116 cm³/mol. The summed E-state index contributed by atoms with van der Waals surface area (Å²) >= 11 is 0. The fraction of sp³-hybridized carbons (Fsp3) is 0.920. The van der Waals surface area contributed by atoms with Crippen LogP contribution in [0.2, 0.25) is 0 Å². The third-order valence-electron chi connectivity index (χ3n) is 10.2. The van der Waals surface area contributed by atoms with Gasteiger partial charge in [-0.1, -0.05) is 13.8 Å². The number of carbonyl (C=O) groups is 2. The highest BCUT2D eigenvalue weighted by Crippen LogP contribution is 2.66. The molecule has 4 nitrogen and oxygen atoms in total. The number of rotatable bonds is 3. The molecule has 0 aromatic heterocycles. The van der Waals surface area contributed by atoms with Gasteiger partial charge in [-0.05, 0) is 93.8 Å². The number of likely N-dealkylation sites (tertiary alicyclic amines) is 1. The van der Waals surface area contributed by atoms with Crippen molar-refractivity contribution in [2.75, 3.05) is 20.1 Å². The fourth-order valence-electron chi connectivity index (χ4n) is 8.56. The number of amides is 2.